The van der Waals surface area contributed by atoms with Gasteiger partial charge in [-0.2, -0.15) is 0 Å². The molecule has 0 aliphatic heterocycles. The van der Waals surface area contributed by atoms with Crippen molar-refractivity contribution in [1.29, 1.82) is 0 Å². The van der Waals surface area contributed by atoms with E-state index < -0.39 is 23.9 Å². The molecule has 0 aliphatic rings. The number of rotatable bonds is 11. The molecule has 4 rings (SSSR count). The average Bonchev–Trinajstić information content (AvgIpc) is 3.59. The zero-order chi connectivity index (χ0) is 29.1. The number of halogens is 1. The zero-order valence-electron chi connectivity index (χ0n) is 23.2. The molecule has 3 aromatic heterocycles. The van der Waals surface area contributed by atoms with Crippen molar-refractivity contribution < 1.29 is 26.7 Å². The summed E-state index contributed by atoms with van der Waals surface area (Å²) < 4.78 is 61.4. The zero-order valence-corrected chi connectivity index (χ0v) is 25.2. The van der Waals surface area contributed by atoms with Crippen molar-refractivity contribution in [2.24, 2.45) is 0 Å². The van der Waals surface area contributed by atoms with Crippen molar-refractivity contribution in [3.8, 4) is 28.8 Å². The van der Waals surface area contributed by atoms with Gasteiger partial charge in [0.15, 0.2) is 0 Å². The van der Waals surface area contributed by atoms with E-state index >= 15 is 0 Å². The van der Waals surface area contributed by atoms with Crippen molar-refractivity contribution in [2.45, 2.75) is 32.6 Å². The normalized spacial score (nSPS) is 12.8. The Bertz CT molecular complexity index is 1580. The van der Waals surface area contributed by atoms with E-state index in [0.29, 0.717) is 29.0 Å². The number of ether oxygens (including phenoxy) is 2. The minimum atomic E-state index is -4.20. The molecule has 3 heterocycles. The van der Waals surface area contributed by atoms with Crippen LogP contribution >= 0.6 is 0 Å². The Morgan fingerprint density at radius 2 is 1.73 bits per heavy atom. The summed E-state index contributed by atoms with van der Waals surface area (Å²) in [4.78, 5) is 7.71. The third kappa shape index (κ3) is 6.07. The summed E-state index contributed by atoms with van der Waals surface area (Å²) in [6, 6.07) is 9.27. The number of anilines is 1. The second-order valence-electron chi connectivity index (χ2n) is 10.5. The summed E-state index contributed by atoms with van der Waals surface area (Å²) in [7, 11) is -3.24. The van der Waals surface area contributed by atoms with Crippen LogP contribution in [-0.4, -0.2) is 62.0 Å². The number of hydrogen-bond donors (Lipinski definition) is 0. The fraction of sp³-hybridized carbons (Fsp3) is 0.308. The van der Waals surface area contributed by atoms with Crippen LogP contribution in [0.25, 0.3) is 23.3 Å². The van der Waals surface area contributed by atoms with Crippen LogP contribution in [0.5, 0.6) is 11.5 Å². The third-order valence-electron chi connectivity index (χ3n) is 6.10. The molecule has 214 valence electrons. The summed E-state index contributed by atoms with van der Waals surface area (Å²) in [6.07, 6.45) is 4.73. The number of hydrogen-bond acceptors (Lipinski definition) is 9. The van der Waals surface area contributed by atoms with Gasteiger partial charge in [-0.1, -0.05) is 0 Å². The van der Waals surface area contributed by atoms with Gasteiger partial charge >= 0.3 is 234 Å². The molecule has 11 nitrogen and oxygen atoms in total. The van der Waals surface area contributed by atoms with E-state index in [1.165, 1.54) is 37.8 Å². The summed E-state index contributed by atoms with van der Waals surface area (Å²) in [5, 5.41) is 8.71. The van der Waals surface area contributed by atoms with Crippen LogP contribution in [0, 0.1) is 5.82 Å². The van der Waals surface area contributed by atoms with Gasteiger partial charge in [0.2, 0.25) is 0 Å². The van der Waals surface area contributed by atoms with E-state index in [9.17, 15) is 12.8 Å². The quantitative estimate of drug-likeness (QED) is 0.229. The molecule has 0 saturated carbocycles. The Balaban J connectivity index is 1.98. The first kappa shape index (κ1) is 29.0. The van der Waals surface area contributed by atoms with Crippen LogP contribution < -0.4 is 13.8 Å². The molecule has 0 spiro atoms. The van der Waals surface area contributed by atoms with Gasteiger partial charge in [-0.15, -0.1) is 0 Å². The van der Waals surface area contributed by atoms with Crippen LogP contribution in [0.2, 0.25) is 25.7 Å². The van der Waals surface area contributed by atoms with Crippen molar-refractivity contribution in [1.82, 2.24) is 24.7 Å². The third-order valence-corrected chi connectivity index (χ3v) is 9.95. The summed E-state index contributed by atoms with van der Waals surface area (Å²) in [6.45, 7) is 8.10. The number of methoxy groups -OCH3 is 2. The molecule has 0 bridgehead atoms. The fourth-order valence-electron chi connectivity index (χ4n) is 3.92. The number of para-hydroxylation sites is 1. The first-order chi connectivity index (χ1) is 19.0. The number of furan rings is 1. The molecule has 0 radical (unpaired) electrons. The Morgan fingerprint density at radius 1 is 1.07 bits per heavy atom. The molecule has 0 fully saturated rings. The van der Waals surface area contributed by atoms with Gasteiger partial charge in [-0.25, -0.2) is 0 Å². The van der Waals surface area contributed by atoms with E-state index in [2.05, 4.69) is 39.8 Å². The average molecular weight is 588 g/mol. The SMILES string of the molecule is COc1cccc(OC)c1-n1c(-c2ccco2)nnc1N(CC[SiH-](C)(C)C)S(=O)(=O)/C(C)=C/c1ncc(F)cn1. The van der Waals surface area contributed by atoms with E-state index in [0.717, 1.165) is 12.4 Å². The number of allylic oxidation sites excluding steroid dienone is 1. The summed E-state index contributed by atoms with van der Waals surface area (Å²) >= 11 is 0. The Labute approximate surface area is 233 Å². The molecule has 40 heavy (non-hydrogen) atoms. The fourth-order valence-corrected chi connectivity index (χ4v) is 6.42. The van der Waals surface area contributed by atoms with Gasteiger partial charge in [0.1, 0.15) is 0 Å². The van der Waals surface area contributed by atoms with Gasteiger partial charge in [-0.3, -0.25) is 0 Å². The van der Waals surface area contributed by atoms with Gasteiger partial charge in [-0.05, 0) is 0 Å². The van der Waals surface area contributed by atoms with E-state index in [-0.39, 0.29) is 29.0 Å². The van der Waals surface area contributed by atoms with Gasteiger partial charge in [0.05, 0.1) is 0 Å². The van der Waals surface area contributed by atoms with Crippen LogP contribution in [0.3, 0.4) is 0 Å². The standard InChI is InChI=1S/C26H32FN6O5SSi/c1-18(15-23-28-16-19(27)17-29-23)39(34,35)32(12-14-40(4,5)6)26-31-30-25(22-11-8-13-38-22)33(26)24-20(36-2)9-7-10-21(24)37-3/h7-11,13,15-17,40H,12,14H2,1-6H3/q-1/b18-15+. The van der Waals surface area contributed by atoms with Gasteiger partial charge in [0.25, 0.3) is 0 Å². The van der Waals surface area contributed by atoms with Crippen molar-refractivity contribution in [3.63, 3.8) is 0 Å². The summed E-state index contributed by atoms with van der Waals surface area (Å²) in [5.74, 6) is 0.877. The summed E-state index contributed by atoms with van der Waals surface area (Å²) in [5.41, 5.74) is 0.401. The first-order valence-electron chi connectivity index (χ1n) is 12.6. The van der Waals surface area contributed by atoms with Crippen molar-refractivity contribution in [3.05, 3.63) is 65.5 Å². The maximum absolute atomic E-state index is 14.2. The predicted octanol–water partition coefficient (Wildman–Crippen LogP) is 4.74. The Hall–Kier alpha value is -4.04. The molecule has 0 atom stereocenters. The molecule has 0 aliphatic carbocycles. The molecule has 0 saturated heterocycles. The molecule has 0 N–H and O–H groups in total. The van der Waals surface area contributed by atoms with Gasteiger partial charge < -0.3 is 0 Å². The number of benzene rings is 1. The van der Waals surface area contributed by atoms with Crippen LogP contribution in [0.15, 0.2) is 58.3 Å². The Morgan fingerprint density at radius 3 is 2.27 bits per heavy atom. The second kappa shape index (κ2) is 11.6. The van der Waals surface area contributed by atoms with Crippen LogP contribution in [0.1, 0.15) is 12.7 Å². The van der Waals surface area contributed by atoms with E-state index in [4.69, 9.17) is 13.9 Å². The number of nitrogens with zero attached hydrogens (tertiary/aromatic N) is 6. The van der Waals surface area contributed by atoms with Gasteiger partial charge in [0, 0.05) is 0 Å². The molecule has 0 unspecified atom stereocenters. The van der Waals surface area contributed by atoms with E-state index in [1.54, 1.807) is 34.9 Å². The van der Waals surface area contributed by atoms with Crippen LogP contribution in [-0.2, 0) is 10.0 Å². The molecular formula is C26H32FN6O5SSi-. The monoisotopic (exact) mass is 587 g/mol. The maximum atomic E-state index is 14.2. The van der Waals surface area contributed by atoms with Crippen molar-refractivity contribution >= 4 is 30.1 Å². The number of sulfonamides is 1. The Kier molecular flexibility index (Phi) is 8.39. The first-order valence-corrected chi connectivity index (χ1v) is 18.4. The molecule has 14 heteroatoms. The molecule has 4 aromatic rings. The predicted molar refractivity (Wildman–Crippen MR) is 154 cm³/mol. The number of aromatic nitrogens is 5. The minimum absolute atomic E-state index is 0.0185. The van der Waals surface area contributed by atoms with E-state index in [1.807, 2.05) is 0 Å². The molecule has 1 aromatic carbocycles. The van der Waals surface area contributed by atoms with Crippen molar-refractivity contribution in [2.75, 3.05) is 25.1 Å². The molecular weight excluding hydrogens is 555 g/mol. The molecule has 0 amide bonds. The second-order valence-corrected chi connectivity index (χ2v) is 19.0. The van der Waals surface area contributed by atoms with Crippen LogP contribution in [0.4, 0.5) is 10.3 Å². The topological polar surface area (TPSA) is 125 Å².